The van der Waals surface area contributed by atoms with Crippen molar-refractivity contribution in [2.75, 3.05) is 33.4 Å². The van der Waals surface area contributed by atoms with Crippen LogP contribution < -0.4 is 0 Å². The van der Waals surface area contributed by atoms with Gasteiger partial charge in [-0.25, -0.2) is 4.98 Å². The highest BCUT2D eigenvalue weighted by atomic mass is 16.5. The first-order chi connectivity index (χ1) is 14.0. The molecule has 0 saturated carbocycles. The van der Waals surface area contributed by atoms with Crippen molar-refractivity contribution in [1.82, 2.24) is 24.8 Å². The van der Waals surface area contributed by atoms with Gasteiger partial charge >= 0.3 is 0 Å². The van der Waals surface area contributed by atoms with E-state index in [0.717, 1.165) is 29.1 Å². The number of nitrogens with one attached hydrogen (secondary N) is 1. The summed E-state index contributed by atoms with van der Waals surface area (Å²) < 4.78 is 5.11. The Hall–Kier alpha value is -2.74. The SMILES string of the molecule is COCC(=O)N1CCc2[nH]cnc2C12CCN(C(=O)c1cnc(C)cc1C)CC2. The van der Waals surface area contributed by atoms with Crippen LogP contribution in [0.2, 0.25) is 0 Å². The molecule has 154 valence electrons. The number of aromatic amines is 1. The van der Waals surface area contributed by atoms with Gasteiger partial charge in [0, 0.05) is 50.7 Å². The number of H-pyrrole nitrogens is 1. The fourth-order valence-electron chi connectivity index (χ4n) is 4.72. The van der Waals surface area contributed by atoms with E-state index >= 15 is 0 Å². The maximum atomic E-state index is 13.1. The van der Waals surface area contributed by atoms with Crippen molar-refractivity contribution >= 4 is 11.8 Å². The molecular formula is C21H27N5O3. The third kappa shape index (κ3) is 3.31. The minimum Gasteiger partial charge on any atom is -0.375 e. The molecule has 0 aliphatic carbocycles. The van der Waals surface area contributed by atoms with E-state index < -0.39 is 5.54 Å². The molecule has 8 nitrogen and oxygen atoms in total. The second-order valence-electron chi connectivity index (χ2n) is 7.92. The maximum absolute atomic E-state index is 13.1. The molecule has 0 aromatic carbocycles. The van der Waals surface area contributed by atoms with Gasteiger partial charge in [0.25, 0.3) is 5.91 Å². The minimum absolute atomic E-state index is 0.00215. The van der Waals surface area contributed by atoms with E-state index in [-0.39, 0.29) is 18.4 Å². The van der Waals surface area contributed by atoms with Crippen LogP contribution in [0, 0.1) is 13.8 Å². The van der Waals surface area contributed by atoms with Crippen LogP contribution in [0.5, 0.6) is 0 Å². The lowest BCUT2D eigenvalue weighted by Crippen LogP contribution is -2.59. The van der Waals surface area contributed by atoms with Gasteiger partial charge in [-0.2, -0.15) is 0 Å². The van der Waals surface area contributed by atoms with Crippen LogP contribution in [0.1, 0.15) is 45.8 Å². The number of fused-ring (bicyclic) bond motifs is 2. The molecule has 1 spiro atoms. The number of amides is 2. The molecule has 0 radical (unpaired) electrons. The third-order valence-corrected chi connectivity index (χ3v) is 6.19. The summed E-state index contributed by atoms with van der Waals surface area (Å²) in [5.41, 5.74) is 4.02. The highest BCUT2D eigenvalue weighted by Crippen LogP contribution is 2.42. The van der Waals surface area contributed by atoms with E-state index in [1.165, 1.54) is 7.11 Å². The van der Waals surface area contributed by atoms with Crippen LogP contribution in [0.25, 0.3) is 0 Å². The van der Waals surface area contributed by atoms with Crippen LogP contribution >= 0.6 is 0 Å². The van der Waals surface area contributed by atoms with Crippen molar-refractivity contribution in [3.63, 3.8) is 0 Å². The molecule has 4 heterocycles. The second kappa shape index (κ2) is 7.59. The Morgan fingerprint density at radius 2 is 1.97 bits per heavy atom. The zero-order valence-electron chi connectivity index (χ0n) is 17.2. The van der Waals surface area contributed by atoms with Crippen molar-refractivity contribution in [1.29, 1.82) is 0 Å². The Bertz CT molecular complexity index is 930. The molecular weight excluding hydrogens is 370 g/mol. The molecule has 1 N–H and O–H groups in total. The largest absolute Gasteiger partial charge is 0.375 e. The Kier molecular flexibility index (Phi) is 5.12. The number of methoxy groups -OCH3 is 1. The number of piperidine rings is 1. The predicted octanol–water partition coefficient (Wildman–Crippen LogP) is 1.58. The lowest BCUT2D eigenvalue weighted by molar-refractivity contribution is -0.145. The van der Waals surface area contributed by atoms with E-state index in [4.69, 9.17) is 4.74 Å². The number of ether oxygens (including phenoxy) is 1. The number of hydrogen-bond acceptors (Lipinski definition) is 5. The van der Waals surface area contributed by atoms with Crippen LogP contribution in [0.4, 0.5) is 0 Å². The highest BCUT2D eigenvalue weighted by Gasteiger charge is 2.49. The van der Waals surface area contributed by atoms with E-state index in [9.17, 15) is 9.59 Å². The summed E-state index contributed by atoms with van der Waals surface area (Å²) in [6.07, 6.45) is 5.44. The minimum atomic E-state index is -0.486. The van der Waals surface area contributed by atoms with Gasteiger partial charge < -0.3 is 19.5 Å². The number of pyridine rings is 1. The van der Waals surface area contributed by atoms with Crippen molar-refractivity contribution < 1.29 is 14.3 Å². The van der Waals surface area contributed by atoms with Crippen molar-refractivity contribution in [2.45, 2.75) is 38.6 Å². The van der Waals surface area contributed by atoms with Crippen LogP contribution in [-0.2, 0) is 21.5 Å². The van der Waals surface area contributed by atoms with Crippen LogP contribution in [0.3, 0.4) is 0 Å². The van der Waals surface area contributed by atoms with Gasteiger partial charge in [-0.3, -0.25) is 14.6 Å². The number of aromatic nitrogens is 3. The monoisotopic (exact) mass is 397 g/mol. The molecule has 2 aliphatic rings. The van der Waals surface area contributed by atoms with Gasteiger partial charge in [-0.1, -0.05) is 0 Å². The predicted molar refractivity (Wildman–Crippen MR) is 106 cm³/mol. The molecule has 29 heavy (non-hydrogen) atoms. The molecule has 1 saturated heterocycles. The number of likely N-dealkylation sites (tertiary alicyclic amines) is 1. The summed E-state index contributed by atoms with van der Waals surface area (Å²) in [4.78, 5) is 41.7. The van der Waals surface area contributed by atoms with E-state index in [0.29, 0.717) is 38.0 Å². The Morgan fingerprint density at radius 1 is 1.21 bits per heavy atom. The van der Waals surface area contributed by atoms with Crippen LogP contribution in [-0.4, -0.2) is 69.9 Å². The molecule has 2 amide bonds. The molecule has 2 aliphatic heterocycles. The quantitative estimate of drug-likeness (QED) is 0.849. The number of carbonyl (C=O) groups excluding carboxylic acids is 2. The number of carbonyl (C=O) groups is 2. The van der Waals surface area contributed by atoms with E-state index in [2.05, 4.69) is 15.0 Å². The number of imidazole rings is 1. The lowest BCUT2D eigenvalue weighted by Gasteiger charge is -2.50. The normalized spacial score (nSPS) is 18.0. The van der Waals surface area contributed by atoms with E-state index in [1.807, 2.05) is 29.7 Å². The Labute approximate surface area is 170 Å². The molecule has 2 aromatic rings. The molecule has 0 bridgehead atoms. The molecule has 8 heteroatoms. The van der Waals surface area contributed by atoms with Gasteiger partial charge in [0.15, 0.2) is 0 Å². The number of rotatable bonds is 3. The van der Waals surface area contributed by atoms with Gasteiger partial charge in [0.1, 0.15) is 6.61 Å². The highest BCUT2D eigenvalue weighted by molar-refractivity contribution is 5.95. The van der Waals surface area contributed by atoms with Crippen molar-refractivity contribution in [3.8, 4) is 0 Å². The van der Waals surface area contributed by atoms with Gasteiger partial charge in [-0.15, -0.1) is 0 Å². The maximum Gasteiger partial charge on any atom is 0.255 e. The Morgan fingerprint density at radius 3 is 2.66 bits per heavy atom. The average molecular weight is 397 g/mol. The van der Waals surface area contributed by atoms with Gasteiger partial charge in [0.2, 0.25) is 5.91 Å². The first-order valence-electron chi connectivity index (χ1n) is 10.0. The molecule has 1 fully saturated rings. The van der Waals surface area contributed by atoms with Crippen LogP contribution in [0.15, 0.2) is 18.6 Å². The number of hydrogen-bond donors (Lipinski definition) is 1. The summed E-state index contributed by atoms with van der Waals surface area (Å²) in [5.74, 6) is -0.0304. The lowest BCUT2D eigenvalue weighted by atomic mass is 9.78. The first kappa shape index (κ1) is 19.6. The zero-order valence-corrected chi connectivity index (χ0v) is 17.2. The average Bonchev–Trinajstić information content (AvgIpc) is 3.19. The molecule has 0 atom stereocenters. The topological polar surface area (TPSA) is 91.4 Å². The summed E-state index contributed by atoms with van der Waals surface area (Å²) >= 11 is 0. The van der Waals surface area contributed by atoms with Gasteiger partial charge in [0.05, 0.1) is 23.1 Å². The summed E-state index contributed by atoms with van der Waals surface area (Å²) in [6, 6.07) is 1.93. The second-order valence-corrected chi connectivity index (χ2v) is 7.92. The third-order valence-electron chi connectivity index (χ3n) is 6.19. The fourth-order valence-corrected chi connectivity index (χ4v) is 4.72. The molecule has 2 aromatic heterocycles. The zero-order chi connectivity index (χ0) is 20.6. The first-order valence-corrected chi connectivity index (χ1v) is 10.0. The summed E-state index contributed by atoms with van der Waals surface area (Å²) in [7, 11) is 1.54. The summed E-state index contributed by atoms with van der Waals surface area (Å²) in [6.45, 7) is 5.67. The number of nitrogens with zero attached hydrogens (tertiary/aromatic N) is 4. The van der Waals surface area contributed by atoms with Crippen molar-refractivity contribution in [3.05, 3.63) is 46.8 Å². The van der Waals surface area contributed by atoms with Gasteiger partial charge in [-0.05, 0) is 38.3 Å². The smallest absolute Gasteiger partial charge is 0.255 e. The fraction of sp³-hybridized carbons (Fsp3) is 0.524. The molecule has 0 unspecified atom stereocenters. The standard InChI is InChI=1S/C21H27N5O3/c1-14-10-15(2)22-11-16(14)20(28)25-8-5-21(6-9-25)19-17(23-13-24-19)4-7-26(21)18(27)12-29-3/h10-11,13H,4-9,12H2,1-3H3,(H,23,24). The number of aryl methyl sites for hydroxylation is 2. The van der Waals surface area contributed by atoms with E-state index in [1.54, 1.807) is 12.5 Å². The van der Waals surface area contributed by atoms with Crippen molar-refractivity contribution in [2.24, 2.45) is 0 Å². The summed E-state index contributed by atoms with van der Waals surface area (Å²) in [5, 5.41) is 0. The molecule has 4 rings (SSSR count). The Balaban J connectivity index is 1.58.